The Labute approximate surface area is 166 Å². The van der Waals surface area contributed by atoms with Gasteiger partial charge in [0, 0.05) is 54.8 Å². The van der Waals surface area contributed by atoms with Crippen molar-refractivity contribution in [3.63, 3.8) is 0 Å². The third-order valence-corrected chi connectivity index (χ3v) is 5.35. The second kappa shape index (κ2) is 8.34. The summed E-state index contributed by atoms with van der Waals surface area (Å²) in [6, 6.07) is 18.4. The van der Waals surface area contributed by atoms with Gasteiger partial charge in [-0.25, -0.2) is 0 Å². The van der Waals surface area contributed by atoms with Crippen molar-refractivity contribution in [2.75, 3.05) is 13.1 Å². The molecule has 1 aromatic carbocycles. The fraction of sp³-hybridized carbons (Fsp3) is 0.292. The molecule has 0 spiro atoms. The molecule has 1 amide bonds. The van der Waals surface area contributed by atoms with Crippen LogP contribution in [0, 0.1) is 6.92 Å². The molecule has 28 heavy (non-hydrogen) atoms. The number of pyridine rings is 2. The van der Waals surface area contributed by atoms with Crippen LogP contribution in [-0.4, -0.2) is 33.9 Å². The molecule has 0 saturated carbocycles. The molecule has 4 rings (SSSR count). The van der Waals surface area contributed by atoms with Gasteiger partial charge in [0.15, 0.2) is 0 Å². The van der Waals surface area contributed by atoms with E-state index < -0.39 is 0 Å². The van der Waals surface area contributed by atoms with Crippen molar-refractivity contribution in [1.82, 2.24) is 14.9 Å². The Morgan fingerprint density at radius 1 is 1.11 bits per heavy atom. The smallest absolute Gasteiger partial charge is 0.253 e. The number of rotatable bonds is 4. The van der Waals surface area contributed by atoms with Gasteiger partial charge in [0.25, 0.3) is 5.91 Å². The predicted molar refractivity (Wildman–Crippen MR) is 110 cm³/mol. The number of aryl methyl sites for hydroxylation is 1. The van der Waals surface area contributed by atoms with Gasteiger partial charge in [-0.05, 0) is 49.6 Å². The molecule has 3 heterocycles. The van der Waals surface area contributed by atoms with Crippen molar-refractivity contribution < 1.29 is 4.79 Å². The molecule has 1 saturated heterocycles. The van der Waals surface area contributed by atoms with Gasteiger partial charge in [-0.1, -0.05) is 35.9 Å². The molecule has 1 aliphatic heterocycles. The van der Waals surface area contributed by atoms with E-state index in [1.807, 2.05) is 4.90 Å². The van der Waals surface area contributed by atoms with Crippen molar-refractivity contribution in [2.45, 2.75) is 32.1 Å². The number of amides is 1. The van der Waals surface area contributed by atoms with Crippen molar-refractivity contribution >= 4 is 5.91 Å². The van der Waals surface area contributed by atoms with Gasteiger partial charge in [-0.3, -0.25) is 14.8 Å². The Kier molecular flexibility index (Phi) is 5.47. The normalized spacial score (nSPS) is 16.8. The second-order valence-electron chi connectivity index (χ2n) is 7.55. The summed E-state index contributed by atoms with van der Waals surface area (Å²) in [7, 11) is 0. The number of benzene rings is 1. The summed E-state index contributed by atoms with van der Waals surface area (Å²) in [5.74, 6) is 0.375. The van der Waals surface area contributed by atoms with Gasteiger partial charge in [0.1, 0.15) is 0 Å². The lowest BCUT2D eigenvalue weighted by atomic mass is 9.93. The molecule has 2 aromatic heterocycles. The monoisotopic (exact) mass is 371 g/mol. The zero-order valence-electron chi connectivity index (χ0n) is 16.2. The first-order valence-electron chi connectivity index (χ1n) is 9.90. The third-order valence-electron chi connectivity index (χ3n) is 5.35. The Balaban J connectivity index is 1.48. The highest BCUT2D eigenvalue weighted by Gasteiger charge is 2.26. The van der Waals surface area contributed by atoms with E-state index in [0.29, 0.717) is 5.56 Å². The van der Waals surface area contributed by atoms with Crippen LogP contribution in [-0.2, 0) is 6.42 Å². The van der Waals surface area contributed by atoms with Crippen LogP contribution in [0.4, 0.5) is 0 Å². The van der Waals surface area contributed by atoms with Gasteiger partial charge >= 0.3 is 0 Å². The quantitative estimate of drug-likeness (QED) is 0.683. The standard InChI is InChI=1S/C24H25N3O/c1-18-5-2-6-19(15-18)16-22-8-3-9-23(26-22)21-7-4-14-27(17-21)24(28)20-10-12-25-13-11-20/h2-3,5-6,8-13,15,21H,4,7,14,16-17H2,1H3. The number of likely N-dealkylation sites (tertiary alicyclic amines) is 1. The second-order valence-corrected chi connectivity index (χ2v) is 7.55. The lowest BCUT2D eigenvalue weighted by Crippen LogP contribution is -2.39. The average Bonchev–Trinajstić information content (AvgIpc) is 2.74. The van der Waals surface area contributed by atoms with E-state index in [0.717, 1.165) is 43.7 Å². The lowest BCUT2D eigenvalue weighted by molar-refractivity contribution is 0.0705. The van der Waals surface area contributed by atoms with Crippen LogP contribution in [0.2, 0.25) is 0 Å². The molecular formula is C24H25N3O. The first-order valence-corrected chi connectivity index (χ1v) is 9.90. The van der Waals surface area contributed by atoms with E-state index in [4.69, 9.17) is 4.98 Å². The number of carbonyl (C=O) groups excluding carboxylic acids is 1. The molecule has 4 nitrogen and oxygen atoms in total. The number of piperidine rings is 1. The van der Waals surface area contributed by atoms with Crippen LogP contribution in [0.15, 0.2) is 67.0 Å². The summed E-state index contributed by atoms with van der Waals surface area (Å²) in [5, 5.41) is 0. The SMILES string of the molecule is Cc1cccc(Cc2cccc(C3CCCN(C(=O)c4ccncc4)C3)n2)c1. The minimum Gasteiger partial charge on any atom is -0.338 e. The Bertz CT molecular complexity index is 955. The van der Waals surface area contributed by atoms with Crippen LogP contribution in [0.3, 0.4) is 0 Å². The zero-order valence-corrected chi connectivity index (χ0v) is 16.2. The topological polar surface area (TPSA) is 46.1 Å². The number of aromatic nitrogens is 2. The number of hydrogen-bond donors (Lipinski definition) is 0. The highest BCUT2D eigenvalue weighted by atomic mass is 16.2. The molecule has 0 radical (unpaired) electrons. The molecule has 142 valence electrons. The highest BCUT2D eigenvalue weighted by molar-refractivity contribution is 5.94. The Morgan fingerprint density at radius 3 is 2.75 bits per heavy atom. The first kappa shape index (κ1) is 18.4. The minimum atomic E-state index is 0.0861. The molecule has 0 N–H and O–H groups in total. The summed E-state index contributed by atoms with van der Waals surface area (Å²) in [6.07, 6.45) is 6.25. The van der Waals surface area contributed by atoms with Gasteiger partial charge in [0.05, 0.1) is 0 Å². The summed E-state index contributed by atoms with van der Waals surface area (Å²) >= 11 is 0. The summed E-state index contributed by atoms with van der Waals surface area (Å²) in [4.78, 5) is 23.7. The Morgan fingerprint density at radius 2 is 1.93 bits per heavy atom. The summed E-state index contributed by atoms with van der Waals surface area (Å²) in [6.45, 7) is 3.65. The van der Waals surface area contributed by atoms with Gasteiger partial charge in [0.2, 0.25) is 0 Å². The largest absolute Gasteiger partial charge is 0.338 e. The predicted octanol–water partition coefficient (Wildman–Crippen LogP) is 4.40. The third kappa shape index (κ3) is 4.28. The van der Waals surface area contributed by atoms with Gasteiger partial charge in [-0.2, -0.15) is 0 Å². The van der Waals surface area contributed by atoms with Gasteiger partial charge in [-0.15, -0.1) is 0 Å². The maximum absolute atomic E-state index is 12.8. The highest BCUT2D eigenvalue weighted by Crippen LogP contribution is 2.27. The minimum absolute atomic E-state index is 0.0861. The van der Waals surface area contributed by atoms with Crippen LogP contribution in [0.1, 0.15) is 51.6 Å². The van der Waals surface area contributed by atoms with Gasteiger partial charge < -0.3 is 4.90 Å². The molecule has 1 atom stereocenters. The van der Waals surface area contributed by atoms with Crippen LogP contribution in [0.25, 0.3) is 0 Å². The van der Waals surface area contributed by atoms with Crippen molar-refractivity contribution in [2.24, 2.45) is 0 Å². The fourth-order valence-corrected chi connectivity index (χ4v) is 3.94. The molecule has 1 fully saturated rings. The van der Waals surface area contributed by atoms with E-state index in [-0.39, 0.29) is 11.8 Å². The Hall–Kier alpha value is -3.01. The zero-order chi connectivity index (χ0) is 19.3. The number of hydrogen-bond acceptors (Lipinski definition) is 3. The van der Waals surface area contributed by atoms with Crippen LogP contribution < -0.4 is 0 Å². The summed E-state index contributed by atoms with van der Waals surface area (Å²) in [5.41, 5.74) is 5.43. The van der Waals surface area contributed by atoms with E-state index in [9.17, 15) is 4.79 Å². The van der Waals surface area contributed by atoms with E-state index in [1.165, 1.54) is 11.1 Å². The van der Waals surface area contributed by atoms with Crippen molar-refractivity contribution in [1.29, 1.82) is 0 Å². The van der Waals surface area contributed by atoms with Crippen LogP contribution in [0.5, 0.6) is 0 Å². The molecule has 3 aromatic rings. The number of nitrogens with zero attached hydrogens (tertiary/aromatic N) is 3. The number of carbonyl (C=O) groups is 1. The maximum Gasteiger partial charge on any atom is 0.253 e. The molecule has 4 heteroatoms. The molecule has 1 aliphatic rings. The van der Waals surface area contributed by atoms with E-state index >= 15 is 0 Å². The van der Waals surface area contributed by atoms with Crippen molar-refractivity contribution in [3.05, 3.63) is 95.1 Å². The molecule has 1 unspecified atom stereocenters. The van der Waals surface area contributed by atoms with Crippen LogP contribution >= 0.6 is 0 Å². The lowest BCUT2D eigenvalue weighted by Gasteiger charge is -2.32. The first-order chi connectivity index (χ1) is 13.7. The molecule has 0 aliphatic carbocycles. The fourth-order valence-electron chi connectivity index (χ4n) is 3.94. The van der Waals surface area contributed by atoms with E-state index in [2.05, 4.69) is 54.4 Å². The molecular weight excluding hydrogens is 346 g/mol. The average molecular weight is 371 g/mol. The van der Waals surface area contributed by atoms with Crippen molar-refractivity contribution in [3.8, 4) is 0 Å². The maximum atomic E-state index is 12.8. The molecule has 0 bridgehead atoms. The summed E-state index contributed by atoms with van der Waals surface area (Å²) < 4.78 is 0. The van der Waals surface area contributed by atoms with E-state index in [1.54, 1.807) is 24.5 Å².